The first-order valence-electron chi connectivity index (χ1n) is 11.8. The van der Waals surface area contributed by atoms with Crippen LogP contribution in [0.3, 0.4) is 0 Å². The molecule has 0 fully saturated rings. The van der Waals surface area contributed by atoms with E-state index in [1.165, 1.54) is 21.5 Å². The molecule has 0 aromatic heterocycles. The average Bonchev–Trinajstić information content (AvgIpc) is 2.90. The first-order chi connectivity index (χ1) is 17.1. The van der Waals surface area contributed by atoms with Gasteiger partial charge in [0.1, 0.15) is 11.4 Å². The first kappa shape index (κ1) is 23.0. The summed E-state index contributed by atoms with van der Waals surface area (Å²) in [6, 6.07) is 39.5. The lowest BCUT2D eigenvalue weighted by molar-refractivity contribution is 0.477. The van der Waals surface area contributed by atoms with Crippen LogP contribution in [0.5, 0.6) is 5.75 Å². The van der Waals surface area contributed by atoms with Crippen LogP contribution in [0.1, 0.15) is 25.3 Å². The summed E-state index contributed by atoms with van der Waals surface area (Å²) < 4.78 is 0. The number of nitrogens with zero attached hydrogens (tertiary/aromatic N) is 2. The molecule has 0 saturated heterocycles. The Kier molecular flexibility index (Phi) is 6.70. The molecule has 5 aromatic rings. The summed E-state index contributed by atoms with van der Waals surface area (Å²) in [4.78, 5) is 0. The lowest BCUT2D eigenvalue weighted by Crippen LogP contribution is -2.20. The number of hydrogen-bond acceptors (Lipinski definition) is 3. The predicted octanol–water partition coefficient (Wildman–Crippen LogP) is 7.84. The van der Waals surface area contributed by atoms with Crippen molar-refractivity contribution < 1.29 is 5.11 Å². The molecule has 0 aliphatic carbocycles. The zero-order chi connectivity index (χ0) is 24.2. The molecule has 0 spiro atoms. The van der Waals surface area contributed by atoms with Crippen molar-refractivity contribution in [2.24, 2.45) is 10.2 Å². The monoisotopic (exact) mass is 474 g/mol. The molecule has 0 radical (unpaired) electrons. The van der Waals surface area contributed by atoms with Gasteiger partial charge in [0.25, 0.3) is 0 Å². The van der Waals surface area contributed by atoms with E-state index in [1.807, 2.05) is 18.2 Å². The minimum absolute atomic E-state index is 0.126. The minimum Gasteiger partial charge on any atom is -0.506 e. The summed E-state index contributed by atoms with van der Waals surface area (Å²) in [6.07, 6.45) is 0. The van der Waals surface area contributed by atoms with Gasteiger partial charge in [-0.05, 0) is 65.0 Å². The number of phenolic OH excluding ortho intramolecular Hbond substituents is 1. The fraction of sp³-hybridized carbons (Fsp3) is 0.0968. The number of rotatable bonds is 6. The van der Waals surface area contributed by atoms with E-state index in [1.54, 1.807) is 6.07 Å². The Balaban J connectivity index is 1.55. The molecule has 172 valence electrons. The molecule has 3 nitrogen and oxygen atoms in total. The summed E-state index contributed by atoms with van der Waals surface area (Å²) in [5.74, 6) is 0.593. The van der Waals surface area contributed by atoms with Gasteiger partial charge < -0.3 is 5.11 Å². The second-order valence-electron chi connectivity index (χ2n) is 8.79. The molecule has 0 saturated carbocycles. The molecule has 0 amide bonds. The summed E-state index contributed by atoms with van der Waals surface area (Å²) in [7, 11) is -0.706. The van der Waals surface area contributed by atoms with Crippen LogP contribution in [0.15, 0.2) is 125 Å². The number of phenols is 1. The van der Waals surface area contributed by atoms with Crippen LogP contribution < -0.4 is 15.9 Å². The number of aromatic hydroxyl groups is 1. The van der Waals surface area contributed by atoms with Crippen molar-refractivity contribution in [1.29, 1.82) is 0 Å². The molecule has 5 aromatic carbocycles. The molecule has 0 aliphatic heterocycles. The van der Waals surface area contributed by atoms with Crippen LogP contribution in [0.4, 0.5) is 11.4 Å². The van der Waals surface area contributed by atoms with Gasteiger partial charge in [-0.2, -0.15) is 5.11 Å². The van der Waals surface area contributed by atoms with Gasteiger partial charge in [0.05, 0.1) is 5.69 Å². The zero-order valence-corrected chi connectivity index (χ0v) is 20.7. The van der Waals surface area contributed by atoms with E-state index in [4.69, 9.17) is 0 Å². The first-order valence-corrected chi connectivity index (χ1v) is 13.1. The largest absolute Gasteiger partial charge is 0.506 e. The Morgan fingerprint density at radius 1 is 0.629 bits per heavy atom. The van der Waals surface area contributed by atoms with Crippen LogP contribution in [0.2, 0.25) is 0 Å². The molecule has 0 atom stereocenters. The maximum atomic E-state index is 10.6. The molecule has 0 bridgehead atoms. The van der Waals surface area contributed by atoms with Gasteiger partial charge in [-0.15, -0.1) is 5.11 Å². The fourth-order valence-corrected chi connectivity index (χ4v) is 6.50. The van der Waals surface area contributed by atoms with Crippen LogP contribution in [-0.4, -0.2) is 5.11 Å². The van der Waals surface area contributed by atoms with Crippen LogP contribution in [-0.2, 0) is 0 Å². The molecule has 0 aliphatic rings. The molecule has 5 rings (SSSR count). The Morgan fingerprint density at radius 2 is 1.26 bits per heavy atom. The highest BCUT2D eigenvalue weighted by molar-refractivity contribution is 7.79. The quantitative estimate of drug-likeness (QED) is 0.198. The van der Waals surface area contributed by atoms with Gasteiger partial charge in [-0.25, -0.2) is 0 Å². The second kappa shape index (κ2) is 10.2. The minimum atomic E-state index is -0.706. The number of hydrogen-bond donors (Lipinski definition) is 1. The van der Waals surface area contributed by atoms with Crippen LogP contribution in [0.25, 0.3) is 10.8 Å². The number of benzene rings is 5. The van der Waals surface area contributed by atoms with Gasteiger partial charge in [0.2, 0.25) is 0 Å². The van der Waals surface area contributed by atoms with Gasteiger partial charge in [0.15, 0.2) is 0 Å². The van der Waals surface area contributed by atoms with E-state index in [0.717, 1.165) is 16.5 Å². The number of fused-ring (bicyclic) bond motifs is 1. The fourth-order valence-electron chi connectivity index (χ4n) is 4.17. The smallest absolute Gasteiger partial charge is 0.143 e. The topological polar surface area (TPSA) is 45.0 Å². The van der Waals surface area contributed by atoms with Crippen molar-refractivity contribution in [3.63, 3.8) is 0 Å². The summed E-state index contributed by atoms with van der Waals surface area (Å²) in [6.45, 7) is 4.33. The number of azo groups is 1. The van der Waals surface area contributed by atoms with Crippen molar-refractivity contribution >= 4 is 46.0 Å². The van der Waals surface area contributed by atoms with Crippen LogP contribution >= 0.6 is 7.92 Å². The third kappa shape index (κ3) is 5.01. The van der Waals surface area contributed by atoms with Gasteiger partial charge >= 0.3 is 0 Å². The van der Waals surface area contributed by atoms with Crippen LogP contribution in [0, 0.1) is 0 Å². The van der Waals surface area contributed by atoms with E-state index >= 15 is 0 Å². The molecule has 35 heavy (non-hydrogen) atoms. The lowest BCUT2D eigenvalue weighted by Gasteiger charge is -2.20. The third-order valence-electron chi connectivity index (χ3n) is 6.07. The molecule has 0 heterocycles. The Morgan fingerprint density at radius 3 is 1.86 bits per heavy atom. The van der Waals surface area contributed by atoms with E-state index < -0.39 is 7.92 Å². The molecule has 4 heteroatoms. The lowest BCUT2D eigenvalue weighted by atomic mass is 10.0. The van der Waals surface area contributed by atoms with E-state index in [2.05, 4.69) is 115 Å². The SMILES string of the molecule is CC(C)c1ccc(N=Nc2c(O)ccc3cc(P(c4ccccc4)c4ccccc4)ccc23)cc1. The Bertz CT molecular complexity index is 1420. The summed E-state index contributed by atoms with van der Waals surface area (Å²) >= 11 is 0. The normalized spacial score (nSPS) is 11.7. The summed E-state index contributed by atoms with van der Waals surface area (Å²) in [5.41, 5.74) is 2.52. The van der Waals surface area contributed by atoms with Crippen molar-refractivity contribution in [2.75, 3.05) is 0 Å². The predicted molar refractivity (Wildman–Crippen MR) is 149 cm³/mol. The van der Waals surface area contributed by atoms with Gasteiger partial charge in [0, 0.05) is 5.39 Å². The third-order valence-corrected chi connectivity index (χ3v) is 8.49. The van der Waals surface area contributed by atoms with Gasteiger partial charge in [-0.3, -0.25) is 0 Å². The maximum absolute atomic E-state index is 10.6. The molecular weight excluding hydrogens is 447 g/mol. The molecule has 0 unspecified atom stereocenters. The molecule has 1 N–H and O–H groups in total. The Labute approximate surface area is 207 Å². The summed E-state index contributed by atoms with van der Waals surface area (Å²) in [5, 5.41) is 25.2. The molecular formula is C31H27N2OP. The standard InChI is InChI=1S/C31H27N2OP/c1-22(2)23-13-16-25(17-14-23)32-33-31-29-19-18-28(21-24(29)15-20-30(31)34)35(26-9-5-3-6-10-26)27-11-7-4-8-12-27/h3-22,34H,1-2H3. The van der Waals surface area contributed by atoms with Crippen molar-refractivity contribution in [3.05, 3.63) is 121 Å². The highest BCUT2D eigenvalue weighted by Gasteiger charge is 2.17. The van der Waals surface area contributed by atoms with E-state index in [0.29, 0.717) is 11.6 Å². The zero-order valence-electron chi connectivity index (χ0n) is 19.8. The highest BCUT2D eigenvalue weighted by Crippen LogP contribution is 2.39. The second-order valence-corrected chi connectivity index (χ2v) is 11.0. The van der Waals surface area contributed by atoms with Gasteiger partial charge in [-0.1, -0.05) is 105 Å². The van der Waals surface area contributed by atoms with Crippen molar-refractivity contribution in [2.45, 2.75) is 19.8 Å². The van der Waals surface area contributed by atoms with Crippen molar-refractivity contribution in [3.8, 4) is 5.75 Å². The maximum Gasteiger partial charge on any atom is 0.143 e. The van der Waals surface area contributed by atoms with E-state index in [9.17, 15) is 5.11 Å². The Hall–Kier alpha value is -3.81. The van der Waals surface area contributed by atoms with E-state index in [-0.39, 0.29) is 5.75 Å². The van der Waals surface area contributed by atoms with Crippen molar-refractivity contribution in [1.82, 2.24) is 0 Å². The highest BCUT2D eigenvalue weighted by atomic mass is 31.1. The average molecular weight is 475 g/mol.